The van der Waals surface area contributed by atoms with Gasteiger partial charge in [-0.3, -0.25) is 0 Å². The topological polar surface area (TPSA) is 51.2 Å². The molecule has 198 valence electrons. The minimum Gasteiger partial charge on any atom is -0.379 e. The molecule has 3 atom stereocenters. The summed E-state index contributed by atoms with van der Waals surface area (Å²) in [5.41, 5.74) is -0.539. The molecule has 0 aromatic heterocycles. The van der Waals surface area contributed by atoms with Gasteiger partial charge in [0.05, 0.1) is 24.4 Å². The van der Waals surface area contributed by atoms with E-state index in [0.29, 0.717) is 6.10 Å². The van der Waals surface area contributed by atoms with E-state index in [4.69, 9.17) is 14.2 Å². The van der Waals surface area contributed by atoms with E-state index < -0.39 is 0 Å². The van der Waals surface area contributed by atoms with Gasteiger partial charge in [-0.05, 0) is 86.5 Å². The fraction of sp³-hybridized carbons (Fsp3) is 1.00. The van der Waals surface area contributed by atoms with Crippen LogP contribution in [0.1, 0.15) is 132 Å². The Bertz CT molecular complexity index is 478. The normalized spacial score (nSPS) is 21.7. The second-order valence-electron chi connectivity index (χ2n) is 11.6. The Morgan fingerprint density at radius 1 is 0.758 bits per heavy atom. The van der Waals surface area contributed by atoms with Crippen LogP contribution in [-0.4, -0.2) is 59.0 Å². The molecule has 33 heavy (non-hydrogen) atoms. The molecule has 0 spiro atoms. The smallest absolute Gasteiger partial charge is 0.0615 e. The van der Waals surface area contributed by atoms with Gasteiger partial charge in [-0.25, -0.2) is 0 Å². The third kappa shape index (κ3) is 12.4. The number of hydrogen-bond donors (Lipinski definition) is 1. The lowest BCUT2D eigenvalue weighted by Crippen LogP contribution is -2.60. The molecule has 1 fully saturated rings. The molecule has 5 nitrogen and oxygen atoms in total. The van der Waals surface area contributed by atoms with Crippen molar-refractivity contribution in [3.8, 4) is 0 Å². The fourth-order valence-corrected chi connectivity index (χ4v) is 5.08. The van der Waals surface area contributed by atoms with Gasteiger partial charge in [0.2, 0.25) is 0 Å². The maximum Gasteiger partial charge on any atom is 0.0615 e. The Labute approximate surface area is 205 Å². The second kappa shape index (κ2) is 15.7. The third-order valence-corrected chi connectivity index (χ3v) is 7.20. The van der Waals surface area contributed by atoms with Gasteiger partial charge in [-0.2, -0.15) is 5.06 Å². The molecule has 0 aromatic rings. The zero-order valence-corrected chi connectivity index (χ0v) is 23.3. The molecule has 0 amide bonds. The quantitative estimate of drug-likeness (QED) is 0.209. The van der Waals surface area contributed by atoms with Gasteiger partial charge in [-0.1, -0.05) is 46.0 Å². The van der Waals surface area contributed by atoms with Gasteiger partial charge in [0.1, 0.15) is 0 Å². The summed E-state index contributed by atoms with van der Waals surface area (Å²) in [5, 5.41) is 12.0. The number of nitrogens with zero attached hydrogens (tertiary/aromatic N) is 1. The number of unbranched alkanes of at least 4 members (excludes halogenated alkanes) is 6. The second-order valence-corrected chi connectivity index (χ2v) is 11.6. The first-order valence-electron chi connectivity index (χ1n) is 13.9. The van der Waals surface area contributed by atoms with Crippen LogP contribution >= 0.6 is 0 Å². The summed E-state index contributed by atoms with van der Waals surface area (Å²) in [5.74, 6) is 0. The maximum atomic E-state index is 10.5. The molecule has 3 unspecified atom stereocenters. The molecular weight excluding hydrogens is 414 g/mol. The molecule has 0 bridgehead atoms. The van der Waals surface area contributed by atoms with Crippen molar-refractivity contribution in [2.24, 2.45) is 0 Å². The highest BCUT2D eigenvalue weighted by atomic mass is 16.5. The minimum atomic E-state index is -0.270. The van der Waals surface area contributed by atoms with Crippen molar-refractivity contribution < 1.29 is 19.4 Å². The Kier molecular flexibility index (Phi) is 14.7. The lowest BCUT2D eigenvalue weighted by molar-refractivity contribution is -0.265. The molecule has 1 N–H and O–H groups in total. The number of piperidine rings is 1. The molecule has 0 aliphatic carbocycles. The van der Waals surface area contributed by atoms with Gasteiger partial charge in [0, 0.05) is 24.3 Å². The SMILES string of the molecule is CCC(C)OCCCCCCCCCOC(C)CC(CC)OC1CC(C)(C)N(O)C(C)(C)C1. The lowest BCUT2D eigenvalue weighted by Gasteiger charge is -2.51. The standard InChI is InChI=1S/C28H57NO4/c1-9-23(3)31-18-16-14-12-11-13-15-17-19-32-24(4)20-25(10-2)33-26-21-27(5,6)29(30)28(7,8)22-26/h23-26,30H,9-22H2,1-8H3. The minimum absolute atomic E-state index is 0.178. The zero-order valence-electron chi connectivity index (χ0n) is 23.3. The lowest BCUT2D eigenvalue weighted by atomic mass is 9.80. The van der Waals surface area contributed by atoms with Gasteiger partial charge < -0.3 is 19.4 Å². The van der Waals surface area contributed by atoms with E-state index >= 15 is 0 Å². The van der Waals surface area contributed by atoms with E-state index in [0.717, 1.165) is 51.7 Å². The van der Waals surface area contributed by atoms with Crippen molar-refractivity contribution in [3.63, 3.8) is 0 Å². The van der Waals surface area contributed by atoms with Crippen LogP contribution in [0.5, 0.6) is 0 Å². The van der Waals surface area contributed by atoms with E-state index in [1.165, 1.54) is 43.6 Å². The average Bonchev–Trinajstić information content (AvgIpc) is 2.74. The predicted molar refractivity (Wildman–Crippen MR) is 138 cm³/mol. The molecule has 1 aliphatic heterocycles. The summed E-state index contributed by atoms with van der Waals surface area (Å²) in [7, 11) is 0. The van der Waals surface area contributed by atoms with Crippen molar-refractivity contribution in [3.05, 3.63) is 0 Å². The van der Waals surface area contributed by atoms with Gasteiger partial charge in [0.15, 0.2) is 0 Å². The van der Waals surface area contributed by atoms with Crippen molar-refractivity contribution in [2.45, 2.75) is 168 Å². The largest absolute Gasteiger partial charge is 0.379 e. The molecule has 0 saturated carbocycles. The molecule has 1 rings (SSSR count). The summed E-state index contributed by atoms with van der Waals surface area (Å²) in [6.07, 6.45) is 14.6. The van der Waals surface area contributed by atoms with Gasteiger partial charge in [-0.15, -0.1) is 0 Å². The maximum absolute atomic E-state index is 10.5. The zero-order chi connectivity index (χ0) is 24.9. The van der Waals surface area contributed by atoms with E-state index in [2.05, 4.69) is 55.4 Å². The van der Waals surface area contributed by atoms with Crippen LogP contribution in [-0.2, 0) is 14.2 Å². The number of rotatable bonds is 18. The highest BCUT2D eigenvalue weighted by Crippen LogP contribution is 2.38. The summed E-state index contributed by atoms with van der Waals surface area (Å²) in [4.78, 5) is 0. The summed E-state index contributed by atoms with van der Waals surface area (Å²) in [6, 6.07) is 0. The highest BCUT2D eigenvalue weighted by molar-refractivity contribution is 4.97. The van der Waals surface area contributed by atoms with Crippen LogP contribution in [0.2, 0.25) is 0 Å². The Morgan fingerprint density at radius 2 is 1.21 bits per heavy atom. The van der Waals surface area contributed by atoms with E-state index in [1.807, 2.05) is 0 Å². The van der Waals surface area contributed by atoms with E-state index in [9.17, 15) is 5.21 Å². The van der Waals surface area contributed by atoms with E-state index in [-0.39, 0.29) is 29.4 Å². The molecule has 1 saturated heterocycles. The molecule has 1 heterocycles. The van der Waals surface area contributed by atoms with Crippen LogP contribution in [0, 0.1) is 0 Å². The van der Waals surface area contributed by atoms with Crippen LogP contribution in [0.3, 0.4) is 0 Å². The number of hydroxylamine groups is 2. The first-order chi connectivity index (χ1) is 15.5. The Hall–Kier alpha value is -0.200. The summed E-state index contributed by atoms with van der Waals surface area (Å²) < 4.78 is 18.4. The third-order valence-electron chi connectivity index (χ3n) is 7.20. The number of hydrogen-bond acceptors (Lipinski definition) is 5. The van der Waals surface area contributed by atoms with Crippen molar-refractivity contribution in [2.75, 3.05) is 13.2 Å². The highest BCUT2D eigenvalue weighted by Gasteiger charge is 2.45. The molecular formula is C28H57NO4. The van der Waals surface area contributed by atoms with Crippen LogP contribution in [0.25, 0.3) is 0 Å². The molecule has 0 radical (unpaired) electrons. The fourth-order valence-electron chi connectivity index (χ4n) is 5.08. The number of ether oxygens (including phenoxy) is 3. The summed E-state index contributed by atoms with van der Waals surface area (Å²) >= 11 is 0. The van der Waals surface area contributed by atoms with Gasteiger partial charge >= 0.3 is 0 Å². The average molecular weight is 472 g/mol. The predicted octanol–water partition coefficient (Wildman–Crippen LogP) is 7.53. The van der Waals surface area contributed by atoms with Crippen LogP contribution in [0.15, 0.2) is 0 Å². The first-order valence-corrected chi connectivity index (χ1v) is 13.9. The van der Waals surface area contributed by atoms with Crippen molar-refractivity contribution >= 4 is 0 Å². The van der Waals surface area contributed by atoms with Gasteiger partial charge in [0.25, 0.3) is 0 Å². The van der Waals surface area contributed by atoms with Crippen molar-refractivity contribution in [1.82, 2.24) is 5.06 Å². The van der Waals surface area contributed by atoms with Crippen LogP contribution < -0.4 is 0 Å². The summed E-state index contributed by atoms with van der Waals surface area (Å²) in [6.45, 7) is 18.9. The monoisotopic (exact) mass is 471 g/mol. The van der Waals surface area contributed by atoms with Crippen LogP contribution in [0.4, 0.5) is 0 Å². The van der Waals surface area contributed by atoms with Crippen molar-refractivity contribution in [1.29, 1.82) is 0 Å². The Morgan fingerprint density at radius 3 is 1.67 bits per heavy atom. The molecule has 0 aromatic carbocycles. The molecule has 5 heteroatoms. The Balaban J connectivity index is 2.13. The molecule has 1 aliphatic rings. The van der Waals surface area contributed by atoms with E-state index in [1.54, 1.807) is 0 Å². The first kappa shape index (κ1) is 30.8.